The number of hydrogen-bond donors (Lipinski definition) is 6. The quantitative estimate of drug-likeness (QED) is 0.176. The van der Waals surface area contributed by atoms with Gasteiger partial charge in [-0.15, -0.1) is 0 Å². The topological polar surface area (TPSA) is 194 Å². The molecule has 0 fully saturated rings. The third-order valence-corrected chi connectivity index (χ3v) is 6.64. The Morgan fingerprint density at radius 1 is 0.775 bits per heavy atom. The summed E-state index contributed by atoms with van der Waals surface area (Å²) in [5.74, 6) is -4.24. The Morgan fingerprint density at radius 3 is 1.80 bits per heavy atom. The number of rotatable bonds is 16. The molecule has 4 amide bonds. The Kier molecular flexibility index (Phi) is 12.8. The first-order valence-electron chi connectivity index (χ1n) is 13.3. The largest absolute Gasteiger partial charge is 0.480 e. The van der Waals surface area contributed by atoms with Crippen LogP contribution in [0.1, 0.15) is 44.2 Å². The molecule has 0 aliphatic heterocycles. The molecule has 5 unspecified atom stereocenters. The summed E-state index contributed by atoms with van der Waals surface area (Å²) in [6, 6.07) is 13.5. The molecule has 40 heavy (non-hydrogen) atoms. The second-order valence-electron chi connectivity index (χ2n) is 9.82. The number of hydrogen-bond acceptors (Lipinski definition) is 6. The van der Waals surface area contributed by atoms with Crippen molar-refractivity contribution in [3.05, 3.63) is 71.8 Å². The summed E-state index contributed by atoms with van der Waals surface area (Å²) in [5.41, 5.74) is 12.9. The molecule has 11 nitrogen and oxygen atoms in total. The monoisotopic (exact) mass is 553 g/mol. The fourth-order valence-corrected chi connectivity index (χ4v) is 4.06. The van der Waals surface area contributed by atoms with Gasteiger partial charge < -0.3 is 32.5 Å². The van der Waals surface area contributed by atoms with Crippen molar-refractivity contribution in [3.8, 4) is 0 Å². The van der Waals surface area contributed by atoms with E-state index in [1.165, 1.54) is 0 Å². The van der Waals surface area contributed by atoms with Gasteiger partial charge >= 0.3 is 5.97 Å². The summed E-state index contributed by atoms with van der Waals surface area (Å²) in [7, 11) is 0. The van der Waals surface area contributed by atoms with Gasteiger partial charge in [0.2, 0.25) is 23.6 Å². The maximum atomic E-state index is 13.3. The van der Waals surface area contributed by atoms with E-state index in [9.17, 15) is 29.1 Å². The van der Waals surface area contributed by atoms with Crippen molar-refractivity contribution >= 4 is 29.6 Å². The minimum atomic E-state index is -1.22. The van der Waals surface area contributed by atoms with Gasteiger partial charge in [-0.2, -0.15) is 0 Å². The molecule has 0 saturated carbocycles. The zero-order valence-electron chi connectivity index (χ0n) is 22.8. The summed E-state index contributed by atoms with van der Waals surface area (Å²) in [6.45, 7) is 3.56. The third-order valence-electron chi connectivity index (χ3n) is 6.64. The number of nitrogens with one attached hydrogen (secondary N) is 3. The SMILES string of the molecule is CCC(C)C(NC(=O)C(CCC(N)=O)NC(=O)C(N)Cc1ccccc1)C(=O)NC(Cc1ccccc1)C(=O)O. The van der Waals surface area contributed by atoms with Crippen molar-refractivity contribution in [3.63, 3.8) is 0 Å². The number of primary amides is 1. The number of amides is 4. The van der Waals surface area contributed by atoms with Crippen molar-refractivity contribution in [2.45, 2.75) is 70.1 Å². The highest BCUT2D eigenvalue weighted by molar-refractivity contribution is 5.94. The van der Waals surface area contributed by atoms with Crippen molar-refractivity contribution < 1.29 is 29.1 Å². The zero-order valence-corrected chi connectivity index (χ0v) is 22.8. The van der Waals surface area contributed by atoms with Crippen molar-refractivity contribution in [2.24, 2.45) is 17.4 Å². The van der Waals surface area contributed by atoms with Crippen LogP contribution in [0.4, 0.5) is 0 Å². The Labute approximate surface area is 234 Å². The van der Waals surface area contributed by atoms with Crippen LogP contribution >= 0.6 is 0 Å². The fourth-order valence-electron chi connectivity index (χ4n) is 4.06. The van der Waals surface area contributed by atoms with Gasteiger partial charge in [0.1, 0.15) is 18.1 Å². The number of benzene rings is 2. The first-order chi connectivity index (χ1) is 19.0. The lowest BCUT2D eigenvalue weighted by atomic mass is 9.96. The van der Waals surface area contributed by atoms with Gasteiger partial charge in [-0.05, 0) is 29.9 Å². The van der Waals surface area contributed by atoms with Gasteiger partial charge in [0.05, 0.1) is 6.04 Å². The van der Waals surface area contributed by atoms with Crippen molar-refractivity contribution in [1.82, 2.24) is 16.0 Å². The maximum absolute atomic E-state index is 13.3. The number of carbonyl (C=O) groups excluding carboxylic acids is 4. The minimum absolute atomic E-state index is 0.0552. The summed E-state index contributed by atoms with van der Waals surface area (Å²) in [6.07, 6.45) is 0.484. The highest BCUT2D eigenvalue weighted by Gasteiger charge is 2.33. The van der Waals surface area contributed by atoms with Crippen LogP contribution in [0.2, 0.25) is 0 Å². The predicted octanol–water partition coefficient (Wildman–Crippen LogP) is 0.650. The molecule has 0 bridgehead atoms. The van der Waals surface area contributed by atoms with Crippen LogP contribution in [0.3, 0.4) is 0 Å². The first-order valence-corrected chi connectivity index (χ1v) is 13.3. The van der Waals surface area contributed by atoms with Crippen molar-refractivity contribution in [1.29, 1.82) is 0 Å². The van der Waals surface area contributed by atoms with Crippen molar-refractivity contribution in [2.75, 3.05) is 0 Å². The van der Waals surface area contributed by atoms with Gasteiger partial charge in [0.15, 0.2) is 0 Å². The molecular weight excluding hydrogens is 514 g/mol. The molecule has 0 radical (unpaired) electrons. The molecule has 0 heterocycles. The molecule has 8 N–H and O–H groups in total. The van der Waals surface area contributed by atoms with E-state index < -0.39 is 53.8 Å². The number of carboxylic acid groups (broad SMARTS) is 1. The first kappa shape index (κ1) is 32.0. The molecule has 5 atom stereocenters. The second kappa shape index (κ2) is 16.0. The Balaban J connectivity index is 2.15. The smallest absolute Gasteiger partial charge is 0.326 e. The van der Waals surface area contributed by atoms with Gasteiger partial charge in [-0.25, -0.2) is 4.79 Å². The van der Waals surface area contributed by atoms with Gasteiger partial charge in [-0.3, -0.25) is 19.2 Å². The van der Waals surface area contributed by atoms with Crippen LogP contribution in [0.25, 0.3) is 0 Å². The molecule has 2 aromatic rings. The summed E-state index contributed by atoms with van der Waals surface area (Å²) in [5, 5.41) is 17.4. The fraction of sp³-hybridized carbons (Fsp3) is 0.414. The van der Waals surface area contributed by atoms with Gasteiger partial charge in [-0.1, -0.05) is 80.9 Å². The van der Waals surface area contributed by atoms with Gasteiger partial charge in [0.25, 0.3) is 0 Å². The zero-order chi connectivity index (χ0) is 29.7. The number of carboxylic acids is 1. The lowest BCUT2D eigenvalue weighted by molar-refractivity contribution is -0.142. The standard InChI is InChI=1S/C29H39N5O6/c1-3-18(2)25(28(38)33-23(29(39)40)17-20-12-8-5-9-13-20)34-27(37)22(14-15-24(31)35)32-26(36)21(30)16-19-10-6-4-7-11-19/h4-13,18,21-23,25H,3,14-17,30H2,1-2H3,(H2,31,35)(H,32,36)(H,33,38)(H,34,37)(H,39,40). The van der Waals surface area contributed by atoms with Crippen LogP contribution in [0.15, 0.2) is 60.7 Å². The molecule has 0 saturated heterocycles. The second-order valence-corrected chi connectivity index (χ2v) is 9.82. The molecule has 2 rings (SSSR count). The maximum Gasteiger partial charge on any atom is 0.326 e. The van der Waals surface area contributed by atoms with E-state index in [-0.39, 0.29) is 31.6 Å². The van der Waals surface area contributed by atoms with Crippen LogP contribution < -0.4 is 27.4 Å². The van der Waals surface area contributed by atoms with E-state index in [0.717, 1.165) is 11.1 Å². The normalized spacial score (nSPS) is 14.6. The van der Waals surface area contributed by atoms with E-state index in [4.69, 9.17) is 11.5 Å². The van der Waals surface area contributed by atoms with E-state index in [2.05, 4.69) is 16.0 Å². The molecule has 0 aromatic heterocycles. The van der Waals surface area contributed by atoms with Crippen LogP contribution in [0, 0.1) is 5.92 Å². The van der Waals surface area contributed by atoms with Gasteiger partial charge in [0, 0.05) is 12.8 Å². The summed E-state index contributed by atoms with van der Waals surface area (Å²) in [4.78, 5) is 62.7. The lowest BCUT2D eigenvalue weighted by Gasteiger charge is -2.28. The van der Waals surface area contributed by atoms with E-state index in [0.29, 0.717) is 6.42 Å². The summed E-state index contributed by atoms with van der Waals surface area (Å²) < 4.78 is 0. The minimum Gasteiger partial charge on any atom is -0.480 e. The summed E-state index contributed by atoms with van der Waals surface area (Å²) >= 11 is 0. The Bertz CT molecular complexity index is 1140. The molecule has 11 heteroatoms. The Morgan fingerprint density at radius 2 is 1.30 bits per heavy atom. The number of aliphatic carboxylic acids is 1. The molecule has 0 spiro atoms. The van der Waals surface area contributed by atoms with E-state index in [1.807, 2.05) is 37.3 Å². The number of nitrogens with two attached hydrogens (primary N) is 2. The highest BCUT2D eigenvalue weighted by atomic mass is 16.4. The molecule has 0 aliphatic rings. The van der Waals surface area contributed by atoms with Crippen LogP contribution in [0.5, 0.6) is 0 Å². The Hall–Kier alpha value is -4.25. The predicted molar refractivity (Wildman–Crippen MR) is 150 cm³/mol. The van der Waals surface area contributed by atoms with E-state index in [1.54, 1.807) is 37.3 Å². The average molecular weight is 554 g/mol. The van der Waals surface area contributed by atoms with E-state index >= 15 is 0 Å². The molecule has 2 aromatic carbocycles. The molecule has 0 aliphatic carbocycles. The molecule has 216 valence electrons. The van der Waals surface area contributed by atoms with Crippen LogP contribution in [-0.2, 0) is 36.8 Å². The number of carbonyl (C=O) groups is 5. The third kappa shape index (κ3) is 10.5. The highest BCUT2D eigenvalue weighted by Crippen LogP contribution is 2.12. The molecular formula is C29H39N5O6. The van der Waals surface area contributed by atoms with Crippen LogP contribution in [-0.4, -0.2) is 58.9 Å². The lowest BCUT2D eigenvalue weighted by Crippen LogP contribution is -2.59. The average Bonchev–Trinajstić information content (AvgIpc) is 2.93.